The summed E-state index contributed by atoms with van der Waals surface area (Å²) in [6, 6.07) is 0. The molecule has 0 unspecified atom stereocenters. The summed E-state index contributed by atoms with van der Waals surface area (Å²) in [5, 5.41) is 45.8. The number of ether oxygens (including phenoxy) is 3. The summed E-state index contributed by atoms with van der Waals surface area (Å²) in [7, 11) is 0. The highest BCUT2D eigenvalue weighted by atomic mass is 16.7. The number of nitrogens with zero attached hydrogens (tertiary/aromatic N) is 5. The van der Waals surface area contributed by atoms with Crippen LogP contribution in [0.2, 0.25) is 0 Å². The highest BCUT2D eigenvalue weighted by Crippen LogP contribution is 2.50. The molecule has 9 rings (SSSR count). The molecular weight excluding hydrogens is 963 g/mol. The second kappa shape index (κ2) is 21.8. The lowest BCUT2D eigenvalue weighted by Gasteiger charge is -2.38. The number of carbonyl (C=O) groups excluding carboxylic acids is 5. The van der Waals surface area contributed by atoms with Crippen molar-refractivity contribution >= 4 is 35.1 Å². The van der Waals surface area contributed by atoms with E-state index in [0.29, 0.717) is 64.6 Å². The van der Waals surface area contributed by atoms with Crippen LogP contribution in [0.5, 0.6) is 11.5 Å². The zero-order valence-electron chi connectivity index (χ0n) is 45.2. The third-order valence-corrected chi connectivity index (χ3v) is 16.1. The molecule has 2 amide bonds. The number of rotatable bonds is 7. The van der Waals surface area contributed by atoms with E-state index in [2.05, 4.69) is 39.4 Å². The molecule has 19 heteroatoms. The maximum Gasteiger partial charge on any atom is 0.315 e. The molecule has 1 spiro atoms. The summed E-state index contributed by atoms with van der Waals surface area (Å²) in [6.07, 6.45) is 5.43. The van der Waals surface area contributed by atoms with E-state index in [-0.39, 0.29) is 63.0 Å². The Morgan fingerprint density at radius 3 is 2.25 bits per heavy atom. The third kappa shape index (κ3) is 11.0. The number of nitrogens with one attached hydrogen (secondary N) is 2. The molecule has 5 N–H and O–H groups in total. The Hall–Kier alpha value is -6.15. The number of phenols is 1. The number of piperazine rings is 1. The average molecular weight is 1040 g/mol. The van der Waals surface area contributed by atoms with E-state index in [1.165, 1.54) is 20.1 Å². The van der Waals surface area contributed by atoms with Crippen LogP contribution < -0.4 is 15.4 Å². The Morgan fingerprint density at radius 1 is 0.907 bits per heavy atom. The number of aliphatic hydroxyl groups excluding tert-OH is 2. The molecule has 0 radical (unpaired) electrons. The molecule has 2 fully saturated rings. The first kappa shape index (κ1) is 55.1. The van der Waals surface area contributed by atoms with E-state index in [4.69, 9.17) is 23.7 Å². The van der Waals surface area contributed by atoms with Crippen molar-refractivity contribution in [2.45, 2.75) is 138 Å². The third-order valence-electron chi connectivity index (χ3n) is 16.1. The van der Waals surface area contributed by atoms with Crippen LogP contribution in [-0.2, 0) is 30.4 Å². The van der Waals surface area contributed by atoms with Crippen molar-refractivity contribution in [3.05, 3.63) is 86.8 Å². The molecule has 7 aliphatic rings. The fourth-order valence-corrected chi connectivity index (χ4v) is 11.3. The number of likely N-dealkylation sites (tertiary alicyclic amines) is 1. The first-order valence-corrected chi connectivity index (χ1v) is 26.4. The van der Waals surface area contributed by atoms with Crippen LogP contribution in [-0.4, -0.2) is 146 Å². The zero-order chi connectivity index (χ0) is 54.4. The van der Waals surface area contributed by atoms with Crippen molar-refractivity contribution in [3.63, 3.8) is 0 Å². The topological polar surface area (TPSA) is 246 Å². The number of aromatic hydroxyl groups is 1. The number of hydrogen-bond acceptors (Lipinski definition) is 17. The monoisotopic (exact) mass is 1040 g/mol. The van der Waals surface area contributed by atoms with Gasteiger partial charge in [-0.05, 0) is 52.0 Å². The number of allylic oxidation sites excluding steroid dienone is 5. The summed E-state index contributed by atoms with van der Waals surface area (Å²) in [6.45, 7) is 24.7. The van der Waals surface area contributed by atoms with Gasteiger partial charge in [-0.25, -0.2) is 0 Å². The fourth-order valence-electron chi connectivity index (χ4n) is 11.3. The van der Waals surface area contributed by atoms with Crippen LogP contribution in [0.1, 0.15) is 130 Å². The summed E-state index contributed by atoms with van der Waals surface area (Å²) >= 11 is 0. The molecule has 75 heavy (non-hydrogen) atoms. The van der Waals surface area contributed by atoms with Gasteiger partial charge < -0.3 is 54.5 Å². The minimum atomic E-state index is -1.97. The highest BCUT2D eigenvalue weighted by Gasteiger charge is 2.54. The standard InChI is InChI=1S/C56H75N7O12/c1-29(2)27-61-19-17-56(18-20-61)58-44-41-42-49(68)35(8)52-43(41)53(70)55(11,74-52)72-25-13-16-31(4)51(73-40(65)26-39(64)63-23-21-62(22-24-63)28-38-36(9)60-75-37(38)10)34(7)48(67)33(6)47(66)30(3)14-12-15-32(5)54(71)57-46(50(42)69)45(44)59-56/h12-15,25,29-31,33-34,47-48,51,59,66-68H,16-24,26-28H2,1-11H3,(H,57,71)/b14-12+,25-13+,32-15-/t30-,31+,33+,34+,47-,48+,51+,55-/m0/s1. The zero-order valence-corrected chi connectivity index (χ0v) is 45.2. The van der Waals surface area contributed by atoms with Gasteiger partial charge in [-0.2, -0.15) is 0 Å². The summed E-state index contributed by atoms with van der Waals surface area (Å²) in [4.78, 5) is 82.5. The van der Waals surface area contributed by atoms with Gasteiger partial charge in [-0.3, -0.25) is 33.9 Å². The number of aryl methyl sites for hydroxylation is 2. The molecule has 6 aliphatic heterocycles. The molecule has 5 bridgehead atoms. The summed E-state index contributed by atoms with van der Waals surface area (Å²) in [5.74, 6) is -6.75. The number of piperidine rings is 1. The van der Waals surface area contributed by atoms with E-state index in [1.807, 2.05) is 20.8 Å². The highest BCUT2D eigenvalue weighted by molar-refractivity contribution is 6.34. The number of hydrogen-bond donors (Lipinski definition) is 5. The minimum Gasteiger partial charge on any atom is -0.507 e. The van der Waals surface area contributed by atoms with Crippen molar-refractivity contribution in [2.24, 2.45) is 34.6 Å². The molecule has 19 nitrogen and oxygen atoms in total. The Labute approximate surface area is 439 Å². The second-order valence-corrected chi connectivity index (χ2v) is 22.2. The van der Waals surface area contributed by atoms with Crippen molar-refractivity contribution in [3.8, 4) is 11.5 Å². The van der Waals surface area contributed by atoms with Crippen LogP contribution in [0.15, 0.2) is 57.0 Å². The summed E-state index contributed by atoms with van der Waals surface area (Å²) in [5.41, 5.74) is 1.58. The van der Waals surface area contributed by atoms with E-state index in [0.717, 1.165) is 23.6 Å². The van der Waals surface area contributed by atoms with E-state index in [9.17, 15) is 39.3 Å². The SMILES string of the molecule is C/C1=C/C=C/[C@H](C)[C@H](O)[C@@H](C)[C@@H](O)[C@@H](C)[C@H](OC(=O)CC(=O)N2CCN(Cc3c(C)noc3C)CC2)[C@H](C)C/C=C/O[C@@]2(C)Oc3c(C)c(O)c4c(c3C2=O)C2=NC3(CCN(CC(C)C)CC3)NC2=C(NC1=O)C4=O. The molecule has 2 aromatic rings. The lowest BCUT2D eigenvalue weighted by molar-refractivity contribution is -0.162. The minimum absolute atomic E-state index is 0.0138. The van der Waals surface area contributed by atoms with Crippen LogP contribution in [0.4, 0.5) is 0 Å². The Morgan fingerprint density at radius 2 is 1.60 bits per heavy atom. The maximum atomic E-state index is 14.9. The second-order valence-electron chi connectivity index (χ2n) is 22.2. The lowest BCUT2D eigenvalue weighted by Crippen LogP contribution is -2.50. The average Bonchev–Trinajstić information content (AvgIpc) is 4.00. The maximum absolute atomic E-state index is 14.9. The van der Waals surface area contributed by atoms with Gasteiger partial charge in [0, 0.05) is 112 Å². The quantitative estimate of drug-likeness (QED) is 0.174. The number of aliphatic hydroxyl groups is 2. The van der Waals surface area contributed by atoms with Gasteiger partial charge in [0.2, 0.25) is 11.7 Å². The fraction of sp³-hybridized carbons (Fsp3) is 0.589. The van der Waals surface area contributed by atoms with E-state index in [1.54, 1.807) is 56.9 Å². The van der Waals surface area contributed by atoms with Crippen molar-refractivity contribution < 1.29 is 58.0 Å². The van der Waals surface area contributed by atoms with Gasteiger partial charge in [0.25, 0.3) is 11.7 Å². The van der Waals surface area contributed by atoms with Gasteiger partial charge in [0.15, 0.2) is 0 Å². The summed E-state index contributed by atoms with van der Waals surface area (Å²) < 4.78 is 23.9. The molecule has 0 saturated carbocycles. The number of aliphatic imine (C=N–C) groups is 1. The lowest BCUT2D eigenvalue weighted by atomic mass is 9.79. The number of fused-ring (bicyclic) bond motifs is 13. The molecule has 406 valence electrons. The van der Waals surface area contributed by atoms with Gasteiger partial charge >= 0.3 is 11.8 Å². The van der Waals surface area contributed by atoms with Gasteiger partial charge in [-0.1, -0.05) is 64.9 Å². The Kier molecular flexibility index (Phi) is 16.0. The smallest absolute Gasteiger partial charge is 0.315 e. The largest absolute Gasteiger partial charge is 0.507 e. The predicted molar refractivity (Wildman–Crippen MR) is 277 cm³/mol. The number of amides is 2. The predicted octanol–water partition coefficient (Wildman–Crippen LogP) is 5.31. The van der Waals surface area contributed by atoms with Crippen molar-refractivity contribution in [1.82, 2.24) is 30.5 Å². The number of ketones is 2. The van der Waals surface area contributed by atoms with Crippen LogP contribution in [0, 0.1) is 50.4 Å². The number of phenolic OH excluding ortho intramolecular Hbond substituents is 1. The molecule has 8 atom stereocenters. The Bertz CT molecular complexity index is 2740. The molecule has 1 aromatic heterocycles. The molecule has 7 heterocycles. The normalized spacial score (nSPS) is 30.2. The van der Waals surface area contributed by atoms with E-state index >= 15 is 0 Å². The van der Waals surface area contributed by atoms with E-state index < -0.39 is 89.0 Å². The number of benzene rings is 1. The van der Waals surface area contributed by atoms with Gasteiger partial charge in [-0.15, -0.1) is 0 Å². The van der Waals surface area contributed by atoms with Crippen LogP contribution in [0.25, 0.3) is 0 Å². The number of aromatic nitrogens is 1. The molecule has 1 aromatic carbocycles. The van der Waals surface area contributed by atoms with Gasteiger partial charge in [0.05, 0.1) is 46.7 Å². The number of Topliss-reactive ketones (excluding diaryl/α,β-unsaturated/α-hetero) is 2. The van der Waals surface area contributed by atoms with Gasteiger partial charge in [0.1, 0.15) is 41.1 Å². The first-order chi connectivity index (χ1) is 35.4. The molecule has 1 aliphatic carbocycles. The Balaban J connectivity index is 1.08. The number of esters is 1. The van der Waals surface area contributed by atoms with Crippen LogP contribution in [0.3, 0.4) is 0 Å². The number of carbonyl (C=O) groups is 5. The van der Waals surface area contributed by atoms with Crippen molar-refractivity contribution in [2.75, 3.05) is 45.8 Å². The molecule has 2 saturated heterocycles. The molecular formula is C56H75N7O12. The first-order valence-electron chi connectivity index (χ1n) is 26.4. The van der Waals surface area contributed by atoms with Crippen molar-refractivity contribution in [1.29, 1.82) is 0 Å². The van der Waals surface area contributed by atoms with Crippen LogP contribution >= 0.6 is 0 Å².